The number of aryl methyl sites for hydroxylation is 1. The van der Waals surface area contributed by atoms with Crippen LogP contribution in [0.3, 0.4) is 0 Å². The van der Waals surface area contributed by atoms with Crippen molar-refractivity contribution in [2.75, 3.05) is 0 Å². The van der Waals surface area contributed by atoms with E-state index in [0.29, 0.717) is 9.89 Å². The SMILES string of the molecule is CCc1c[c]([Sn]([CH3])([CH3])[CH3])sc1C1=C(CCC(CC)C[CH](C)[Sn]([CH3])([CH3])[CH3])C=CS1=[SiH2]. The Labute approximate surface area is 198 Å². The monoisotopic (exact) mass is 664 g/mol. The maximum atomic E-state index is 2.61. The number of allylic oxidation sites excluding steroid dienone is 2. The summed E-state index contributed by atoms with van der Waals surface area (Å²) in [6, 6.07) is 2.59. The third kappa shape index (κ3) is 7.16. The Balaban J connectivity index is 2.26. The maximum absolute atomic E-state index is 2.61. The van der Waals surface area contributed by atoms with Crippen LogP contribution in [0.5, 0.6) is 0 Å². The Morgan fingerprint density at radius 1 is 1.10 bits per heavy atom. The Bertz CT molecular complexity index is 791. The molecule has 0 fully saturated rings. The molecule has 2 rings (SSSR count). The van der Waals surface area contributed by atoms with Gasteiger partial charge in [0.05, 0.1) is 0 Å². The Hall–Kier alpha value is 1.34. The summed E-state index contributed by atoms with van der Waals surface area (Å²) >= 11 is -1.61. The van der Waals surface area contributed by atoms with Gasteiger partial charge >= 0.3 is 201 Å². The van der Waals surface area contributed by atoms with Crippen LogP contribution in [-0.2, 0) is 6.42 Å². The third-order valence-corrected chi connectivity index (χ3v) is 29.4. The summed E-state index contributed by atoms with van der Waals surface area (Å²) in [4.78, 5) is 18.9. The minimum absolute atomic E-state index is 0.312. The van der Waals surface area contributed by atoms with Crippen LogP contribution in [0, 0.1) is 5.92 Å². The second-order valence-electron chi connectivity index (χ2n) is 11.0. The molecule has 1 aromatic rings. The molecule has 0 aromatic carbocycles. The van der Waals surface area contributed by atoms with Gasteiger partial charge < -0.3 is 0 Å². The van der Waals surface area contributed by atoms with E-state index in [2.05, 4.69) is 88.2 Å². The molecule has 5 heteroatoms. The van der Waals surface area contributed by atoms with Crippen molar-refractivity contribution in [2.24, 2.45) is 5.92 Å². The molecule has 1 aliphatic heterocycles. The predicted octanol–water partition coefficient (Wildman–Crippen LogP) is 7.84. The first kappa shape index (κ1) is 26.6. The van der Waals surface area contributed by atoms with Crippen LogP contribution in [-0.4, -0.2) is 45.7 Å². The molecule has 0 amide bonds. The second kappa shape index (κ2) is 11.0. The van der Waals surface area contributed by atoms with Crippen molar-refractivity contribution < 1.29 is 0 Å². The van der Waals surface area contributed by atoms with Crippen molar-refractivity contribution in [1.82, 2.24) is 0 Å². The fourth-order valence-electron chi connectivity index (χ4n) is 3.89. The summed E-state index contributed by atoms with van der Waals surface area (Å²) in [6.45, 7) is 7.31. The average molecular weight is 662 g/mol. The van der Waals surface area contributed by atoms with Gasteiger partial charge in [-0.25, -0.2) is 0 Å². The molecule has 0 N–H and O–H groups in total. The molecule has 0 saturated carbocycles. The zero-order valence-electron chi connectivity index (χ0n) is 20.4. The number of rotatable bonds is 10. The molecular weight excluding hydrogens is 618 g/mol. The minimum atomic E-state index is -2.01. The molecule has 0 nitrogen and oxygen atoms in total. The summed E-state index contributed by atoms with van der Waals surface area (Å²) in [5.74, 6) is 0.903. The molecule has 29 heavy (non-hydrogen) atoms. The summed E-state index contributed by atoms with van der Waals surface area (Å²) in [7, 11) is 2.52. The van der Waals surface area contributed by atoms with Crippen LogP contribution in [0.1, 0.15) is 56.9 Å². The Morgan fingerprint density at radius 2 is 1.76 bits per heavy atom. The van der Waals surface area contributed by atoms with Gasteiger partial charge in [-0.05, 0) is 0 Å². The Morgan fingerprint density at radius 3 is 2.28 bits per heavy atom. The molecule has 0 saturated heterocycles. The zero-order chi connectivity index (χ0) is 22.0. The van der Waals surface area contributed by atoms with E-state index >= 15 is 0 Å². The van der Waals surface area contributed by atoms with Crippen molar-refractivity contribution in [3.63, 3.8) is 0 Å². The quantitative estimate of drug-likeness (QED) is 0.224. The van der Waals surface area contributed by atoms with Crippen molar-refractivity contribution in [2.45, 2.75) is 86.4 Å². The number of thiophene rings is 1. The first-order valence-corrected chi connectivity index (χ1v) is 35.7. The summed E-state index contributed by atoms with van der Waals surface area (Å²) in [5, 5.41) is 2.50. The van der Waals surface area contributed by atoms with Gasteiger partial charge in [-0.3, -0.25) is 0 Å². The molecule has 0 spiro atoms. The van der Waals surface area contributed by atoms with E-state index in [-0.39, 0.29) is 0 Å². The fraction of sp³-hybridized carbons (Fsp3) is 0.667. The van der Waals surface area contributed by atoms with Gasteiger partial charge in [0.2, 0.25) is 0 Å². The molecule has 2 heterocycles. The van der Waals surface area contributed by atoms with Crippen LogP contribution in [0.2, 0.25) is 33.6 Å². The standard InChI is InChI=1S/C18H26S2Si.6CH3.2Sn/c1-4-7-14(5-2)8-9-16-11-13-20(21)18(16)17-15(6-3)10-12-19-17;;;;;;;;/h4,10-11,13-14H,5-9,21H2,1-3H3;6*1H3;;. The van der Waals surface area contributed by atoms with Crippen molar-refractivity contribution >= 4 is 74.7 Å². The summed E-state index contributed by atoms with van der Waals surface area (Å²) < 4.78 is 2.75. The molecule has 0 aliphatic carbocycles. The van der Waals surface area contributed by atoms with E-state index in [0.717, 1.165) is 9.85 Å². The summed E-state index contributed by atoms with van der Waals surface area (Å²) in [6.07, 6.45) is 9.14. The van der Waals surface area contributed by atoms with Gasteiger partial charge in [-0.15, -0.1) is 0 Å². The van der Waals surface area contributed by atoms with Crippen LogP contribution in [0.4, 0.5) is 0 Å². The molecule has 0 bridgehead atoms. The number of hydrogen-bond acceptors (Lipinski definition) is 1. The molecule has 0 radical (unpaired) electrons. The van der Waals surface area contributed by atoms with E-state index in [1.165, 1.54) is 32.1 Å². The van der Waals surface area contributed by atoms with Gasteiger partial charge in [-0.1, -0.05) is 0 Å². The van der Waals surface area contributed by atoms with Gasteiger partial charge in [0.1, 0.15) is 0 Å². The van der Waals surface area contributed by atoms with Gasteiger partial charge in [0, 0.05) is 0 Å². The van der Waals surface area contributed by atoms with Crippen LogP contribution >= 0.6 is 21.2 Å². The normalized spacial score (nSPS) is 19.8. The third-order valence-electron chi connectivity index (χ3n) is 6.69. The van der Waals surface area contributed by atoms with Gasteiger partial charge in [-0.2, -0.15) is 0 Å². The summed E-state index contributed by atoms with van der Waals surface area (Å²) in [5.41, 5.74) is 3.29. The van der Waals surface area contributed by atoms with E-state index in [1.807, 2.05) is 0 Å². The zero-order valence-corrected chi connectivity index (χ0v) is 29.2. The van der Waals surface area contributed by atoms with Crippen molar-refractivity contribution in [3.05, 3.63) is 33.6 Å². The van der Waals surface area contributed by atoms with Crippen LogP contribution in [0.15, 0.2) is 23.1 Å². The first-order chi connectivity index (χ1) is 13.4. The van der Waals surface area contributed by atoms with Crippen molar-refractivity contribution in [3.8, 4) is 0 Å². The average Bonchev–Trinajstić information content (AvgIpc) is 3.20. The predicted molar refractivity (Wildman–Crippen MR) is 149 cm³/mol. The van der Waals surface area contributed by atoms with E-state index < -0.39 is 36.8 Å². The van der Waals surface area contributed by atoms with Gasteiger partial charge in [0.15, 0.2) is 0 Å². The van der Waals surface area contributed by atoms with Crippen LogP contribution < -0.4 is 2.89 Å². The van der Waals surface area contributed by atoms with Gasteiger partial charge in [0.25, 0.3) is 0 Å². The van der Waals surface area contributed by atoms with E-state index in [1.54, 1.807) is 23.8 Å². The topological polar surface area (TPSA) is 0 Å². The molecule has 3 atom stereocenters. The molecule has 164 valence electrons. The van der Waals surface area contributed by atoms with Crippen LogP contribution in [0.25, 0.3) is 4.91 Å². The fourth-order valence-corrected chi connectivity index (χ4v) is 16.8. The second-order valence-corrected chi connectivity index (χ2v) is 47.2. The number of hydrogen-bond donors (Lipinski definition) is 0. The molecule has 1 aromatic heterocycles. The molecule has 3 unspecified atom stereocenters. The first-order valence-electron chi connectivity index (χ1n) is 11.5. The van der Waals surface area contributed by atoms with E-state index in [4.69, 9.17) is 0 Å². The molecule has 1 aliphatic rings. The van der Waals surface area contributed by atoms with E-state index in [9.17, 15) is 0 Å². The Kier molecular flexibility index (Phi) is 10.1. The van der Waals surface area contributed by atoms with Crippen molar-refractivity contribution in [1.29, 1.82) is 0 Å². The molecular formula is C24H44S2SiSn2.